The standard InChI is InChI=1S/C17H20F4N8O2/c18-12(2-4-29-8-14(10-30)26-27-29)7-28(23)9-15(22)16(31)25-6-13-5-11(1-3-24-13)17(19,20)21/h1,3,5,8-10,12H,2,4,6-7,22-23H2,(H,25,31)/b15-9-. The number of pyridine rings is 1. The number of nitrogens with two attached hydrogens (primary N) is 2. The highest BCUT2D eigenvalue weighted by Gasteiger charge is 2.30. The Labute approximate surface area is 173 Å². The molecular weight excluding hydrogens is 424 g/mol. The molecule has 0 spiro atoms. The summed E-state index contributed by atoms with van der Waals surface area (Å²) in [6, 6.07) is 1.61. The van der Waals surface area contributed by atoms with Crippen LogP contribution in [0.25, 0.3) is 0 Å². The molecule has 0 fully saturated rings. The van der Waals surface area contributed by atoms with Crippen LogP contribution in [0.3, 0.4) is 0 Å². The average Bonchev–Trinajstić information content (AvgIpc) is 3.18. The van der Waals surface area contributed by atoms with Gasteiger partial charge in [-0.05, 0) is 12.1 Å². The van der Waals surface area contributed by atoms with Crippen molar-refractivity contribution in [1.29, 1.82) is 0 Å². The van der Waals surface area contributed by atoms with Gasteiger partial charge in [-0.2, -0.15) is 13.2 Å². The molecule has 2 heterocycles. The average molecular weight is 444 g/mol. The lowest BCUT2D eigenvalue weighted by Gasteiger charge is -2.17. The van der Waals surface area contributed by atoms with E-state index in [1.807, 2.05) is 0 Å². The second kappa shape index (κ2) is 10.5. The predicted molar refractivity (Wildman–Crippen MR) is 99.2 cm³/mol. The number of rotatable bonds is 10. The number of nitrogens with zero attached hydrogens (tertiary/aromatic N) is 5. The number of nitrogens with one attached hydrogen (secondary N) is 1. The molecule has 0 saturated heterocycles. The van der Waals surface area contributed by atoms with Gasteiger partial charge in [-0.15, -0.1) is 5.10 Å². The van der Waals surface area contributed by atoms with Crippen LogP contribution in [0.4, 0.5) is 17.6 Å². The molecule has 0 aliphatic rings. The van der Waals surface area contributed by atoms with Crippen LogP contribution >= 0.6 is 0 Å². The Morgan fingerprint density at radius 2 is 2.13 bits per heavy atom. The lowest BCUT2D eigenvalue weighted by Crippen LogP contribution is -2.36. The summed E-state index contributed by atoms with van der Waals surface area (Å²) in [5.74, 6) is 4.81. The maximum atomic E-state index is 14.1. The Bertz CT molecular complexity index is 931. The number of aryl methyl sites for hydroxylation is 1. The topological polar surface area (TPSA) is 145 Å². The van der Waals surface area contributed by atoms with Crippen LogP contribution in [0.15, 0.2) is 36.4 Å². The van der Waals surface area contributed by atoms with Crippen molar-refractivity contribution >= 4 is 12.2 Å². The van der Waals surface area contributed by atoms with Crippen molar-refractivity contribution in [2.24, 2.45) is 11.6 Å². The summed E-state index contributed by atoms with van der Waals surface area (Å²) < 4.78 is 53.4. The smallest absolute Gasteiger partial charge is 0.393 e. The van der Waals surface area contributed by atoms with Gasteiger partial charge in [0.2, 0.25) is 0 Å². The first-order valence-electron chi connectivity index (χ1n) is 8.87. The number of alkyl halides is 4. The monoisotopic (exact) mass is 444 g/mol. The lowest BCUT2D eigenvalue weighted by molar-refractivity contribution is -0.137. The highest BCUT2D eigenvalue weighted by molar-refractivity contribution is 5.92. The van der Waals surface area contributed by atoms with Gasteiger partial charge in [0, 0.05) is 25.4 Å². The molecule has 1 amide bonds. The number of carbonyl (C=O) groups is 2. The van der Waals surface area contributed by atoms with Gasteiger partial charge in [-0.1, -0.05) is 5.21 Å². The Balaban J connectivity index is 1.81. The fraction of sp³-hybridized carbons (Fsp3) is 0.353. The van der Waals surface area contributed by atoms with Crippen LogP contribution in [0, 0.1) is 0 Å². The maximum Gasteiger partial charge on any atom is 0.416 e. The van der Waals surface area contributed by atoms with Gasteiger partial charge < -0.3 is 16.1 Å². The predicted octanol–water partition coefficient (Wildman–Crippen LogP) is 0.525. The highest BCUT2D eigenvalue weighted by Crippen LogP contribution is 2.28. The number of aromatic nitrogens is 4. The number of aldehydes is 1. The Kier molecular flexibility index (Phi) is 8.01. The maximum absolute atomic E-state index is 14.1. The van der Waals surface area contributed by atoms with Gasteiger partial charge in [0.1, 0.15) is 17.6 Å². The molecule has 168 valence electrons. The van der Waals surface area contributed by atoms with E-state index >= 15 is 0 Å². The third-order valence-corrected chi connectivity index (χ3v) is 3.90. The van der Waals surface area contributed by atoms with Gasteiger partial charge in [-0.3, -0.25) is 19.3 Å². The minimum atomic E-state index is -4.53. The lowest BCUT2D eigenvalue weighted by atomic mass is 10.2. The summed E-state index contributed by atoms with van der Waals surface area (Å²) in [4.78, 5) is 26.3. The van der Waals surface area contributed by atoms with Crippen LogP contribution < -0.4 is 16.9 Å². The summed E-state index contributed by atoms with van der Waals surface area (Å²) >= 11 is 0. The molecule has 2 aromatic rings. The Morgan fingerprint density at radius 3 is 2.77 bits per heavy atom. The number of hydrogen-bond acceptors (Lipinski definition) is 8. The summed E-state index contributed by atoms with van der Waals surface area (Å²) in [5.41, 5.74) is 4.43. The molecule has 1 atom stereocenters. The molecular formula is C17H20F4N8O2. The van der Waals surface area contributed by atoms with E-state index in [-0.39, 0.29) is 43.1 Å². The van der Waals surface area contributed by atoms with Crippen molar-refractivity contribution in [2.45, 2.75) is 31.9 Å². The van der Waals surface area contributed by atoms with Gasteiger partial charge >= 0.3 is 6.18 Å². The van der Waals surface area contributed by atoms with E-state index in [1.165, 1.54) is 10.9 Å². The summed E-state index contributed by atoms with van der Waals surface area (Å²) in [7, 11) is 0. The third kappa shape index (κ3) is 7.65. The molecule has 0 bridgehead atoms. The van der Waals surface area contributed by atoms with E-state index in [0.29, 0.717) is 6.29 Å². The molecule has 0 radical (unpaired) electrons. The van der Waals surface area contributed by atoms with E-state index < -0.39 is 23.8 Å². The van der Waals surface area contributed by atoms with Crippen LogP contribution in [-0.4, -0.2) is 49.9 Å². The molecule has 0 aliphatic carbocycles. The zero-order chi connectivity index (χ0) is 23.0. The molecule has 10 nitrogen and oxygen atoms in total. The van der Waals surface area contributed by atoms with Crippen LogP contribution in [0.1, 0.15) is 28.2 Å². The first-order valence-corrected chi connectivity index (χ1v) is 8.87. The van der Waals surface area contributed by atoms with Gasteiger partial charge in [0.15, 0.2) is 6.29 Å². The van der Waals surface area contributed by atoms with E-state index in [1.54, 1.807) is 0 Å². The van der Waals surface area contributed by atoms with Crippen molar-refractivity contribution in [2.75, 3.05) is 6.54 Å². The summed E-state index contributed by atoms with van der Waals surface area (Å²) in [5, 5.41) is 10.4. The Morgan fingerprint density at radius 1 is 1.39 bits per heavy atom. The fourth-order valence-electron chi connectivity index (χ4n) is 2.38. The zero-order valence-electron chi connectivity index (χ0n) is 16.1. The molecule has 0 saturated carbocycles. The van der Waals surface area contributed by atoms with Gasteiger partial charge in [-0.25, -0.2) is 10.2 Å². The van der Waals surface area contributed by atoms with Crippen molar-refractivity contribution < 1.29 is 27.2 Å². The zero-order valence-corrected chi connectivity index (χ0v) is 16.1. The van der Waals surface area contributed by atoms with Crippen molar-refractivity contribution in [1.82, 2.24) is 30.3 Å². The summed E-state index contributed by atoms with van der Waals surface area (Å²) in [6.07, 6.45) is -2.07. The molecule has 14 heteroatoms. The normalized spacial score (nSPS) is 13.0. The second-order valence-electron chi connectivity index (χ2n) is 6.41. The SMILES string of the molecule is N/C(=C\N(N)CC(F)CCn1cc(C=O)nn1)C(=O)NCc1cc(C(F)(F)F)ccn1. The molecule has 2 aromatic heterocycles. The van der Waals surface area contributed by atoms with Gasteiger partial charge in [0.05, 0.1) is 30.5 Å². The number of hydrogen-bond donors (Lipinski definition) is 3. The van der Waals surface area contributed by atoms with E-state index in [0.717, 1.165) is 29.5 Å². The second-order valence-corrected chi connectivity index (χ2v) is 6.41. The number of hydrazine groups is 1. The van der Waals surface area contributed by atoms with Crippen molar-refractivity contribution in [3.63, 3.8) is 0 Å². The van der Waals surface area contributed by atoms with Crippen molar-refractivity contribution in [3.05, 3.63) is 53.4 Å². The van der Waals surface area contributed by atoms with Gasteiger partial charge in [0.25, 0.3) is 5.91 Å². The fourth-order valence-corrected chi connectivity index (χ4v) is 2.38. The largest absolute Gasteiger partial charge is 0.416 e. The molecule has 0 aromatic carbocycles. The Hall–Kier alpha value is -3.55. The molecule has 2 rings (SSSR count). The molecule has 0 aliphatic heterocycles. The third-order valence-electron chi connectivity index (χ3n) is 3.90. The number of halogens is 4. The van der Waals surface area contributed by atoms with Crippen LogP contribution in [0.5, 0.6) is 0 Å². The minimum Gasteiger partial charge on any atom is -0.393 e. The molecule has 5 N–H and O–H groups in total. The van der Waals surface area contributed by atoms with Crippen molar-refractivity contribution in [3.8, 4) is 0 Å². The minimum absolute atomic E-state index is 0.0104. The number of amides is 1. The van der Waals surface area contributed by atoms with E-state index in [4.69, 9.17) is 11.6 Å². The summed E-state index contributed by atoms with van der Waals surface area (Å²) in [6.45, 7) is -0.438. The van der Waals surface area contributed by atoms with Crippen LogP contribution in [0.2, 0.25) is 0 Å². The highest BCUT2D eigenvalue weighted by atomic mass is 19.4. The van der Waals surface area contributed by atoms with E-state index in [9.17, 15) is 27.2 Å². The first-order chi connectivity index (χ1) is 14.6. The quantitative estimate of drug-likeness (QED) is 0.158. The first kappa shape index (κ1) is 23.7. The van der Waals surface area contributed by atoms with E-state index in [2.05, 4.69) is 20.6 Å². The molecule has 1 unspecified atom stereocenters. The molecule has 31 heavy (non-hydrogen) atoms. The van der Waals surface area contributed by atoms with Crippen LogP contribution in [-0.2, 0) is 24.1 Å². The number of carbonyl (C=O) groups excluding carboxylic acids is 2.